The molecule has 2 amide bonds. The van der Waals surface area contributed by atoms with Crippen molar-refractivity contribution < 1.29 is 14.3 Å². The molecule has 3 rings (SSSR count). The Hall–Kier alpha value is -2.74. The number of piperazine rings is 1. The van der Waals surface area contributed by atoms with Crippen molar-refractivity contribution in [3.05, 3.63) is 58.3 Å². The number of rotatable bonds is 5. The fourth-order valence-corrected chi connectivity index (χ4v) is 3.05. The van der Waals surface area contributed by atoms with E-state index in [1.165, 1.54) is 12.4 Å². The van der Waals surface area contributed by atoms with Gasteiger partial charge in [-0.25, -0.2) is 9.97 Å². The van der Waals surface area contributed by atoms with Gasteiger partial charge in [-0.3, -0.25) is 9.59 Å². The molecule has 1 aromatic heterocycles. The molecule has 1 aliphatic rings. The number of benzene rings is 1. The van der Waals surface area contributed by atoms with Crippen LogP contribution in [0.15, 0.2) is 47.2 Å². The van der Waals surface area contributed by atoms with E-state index in [1.54, 1.807) is 22.0 Å². The summed E-state index contributed by atoms with van der Waals surface area (Å²) in [6.45, 7) is 4.25. The molecule has 1 fully saturated rings. The van der Waals surface area contributed by atoms with E-state index in [-0.39, 0.29) is 17.8 Å². The van der Waals surface area contributed by atoms with Crippen LogP contribution in [0.3, 0.4) is 0 Å². The maximum Gasteiger partial charge on any atom is 0.316 e. The molecule has 0 spiro atoms. The highest BCUT2D eigenvalue weighted by Crippen LogP contribution is 2.13. The number of halogens is 1. The lowest BCUT2D eigenvalue weighted by Crippen LogP contribution is -2.50. The number of nitrogens with zero attached hydrogens (tertiary/aromatic N) is 4. The van der Waals surface area contributed by atoms with Crippen molar-refractivity contribution in [2.75, 3.05) is 32.8 Å². The van der Waals surface area contributed by atoms with Crippen molar-refractivity contribution in [2.24, 2.45) is 0 Å². The number of ether oxygens (including phenoxy) is 1. The summed E-state index contributed by atoms with van der Waals surface area (Å²) in [6.07, 6.45) is 6.31. The number of carbonyl (C=O) groups is 2. The normalized spacial score (nSPS) is 14.4. The van der Waals surface area contributed by atoms with E-state index in [4.69, 9.17) is 4.74 Å². The highest BCUT2D eigenvalue weighted by Gasteiger charge is 2.24. The molecule has 7 nitrogen and oxygen atoms in total. The predicted octanol–water partition coefficient (Wildman–Crippen LogP) is 2.64. The van der Waals surface area contributed by atoms with Crippen molar-refractivity contribution in [2.45, 2.75) is 6.92 Å². The molecule has 2 aromatic rings. The molecule has 0 N–H and O–H groups in total. The first kappa shape index (κ1) is 20.0. The van der Waals surface area contributed by atoms with Crippen LogP contribution in [-0.4, -0.2) is 64.4 Å². The lowest BCUT2D eigenvalue weighted by atomic mass is 10.2. The molecule has 1 saturated heterocycles. The molecule has 0 atom stereocenters. The molecule has 0 saturated carbocycles. The average Bonchev–Trinajstić information content (AvgIpc) is 2.73. The minimum Gasteiger partial charge on any atom is -0.464 e. The average molecular weight is 445 g/mol. The second-order valence-electron chi connectivity index (χ2n) is 6.19. The fourth-order valence-electron chi connectivity index (χ4n) is 2.79. The summed E-state index contributed by atoms with van der Waals surface area (Å²) < 4.78 is 6.18. The minimum atomic E-state index is -0.138. The number of aromatic nitrogens is 2. The van der Waals surface area contributed by atoms with Crippen LogP contribution in [-0.2, 0) is 4.79 Å². The topological polar surface area (TPSA) is 75.6 Å². The SMILES string of the molecule is CCOc1ncc(C(=O)N2CCN(C(=O)/C=C/c3ccc(Br)cc3)CC2)cn1. The zero-order valence-electron chi connectivity index (χ0n) is 15.5. The van der Waals surface area contributed by atoms with Gasteiger partial charge >= 0.3 is 6.01 Å². The zero-order chi connectivity index (χ0) is 19.9. The summed E-state index contributed by atoms with van der Waals surface area (Å²) >= 11 is 3.39. The van der Waals surface area contributed by atoms with E-state index in [2.05, 4.69) is 25.9 Å². The molecule has 1 aromatic carbocycles. The van der Waals surface area contributed by atoms with Gasteiger partial charge in [0.05, 0.1) is 12.2 Å². The van der Waals surface area contributed by atoms with E-state index >= 15 is 0 Å². The Balaban J connectivity index is 1.52. The molecule has 0 radical (unpaired) electrons. The summed E-state index contributed by atoms with van der Waals surface area (Å²) in [6, 6.07) is 7.98. The molecule has 0 bridgehead atoms. The summed E-state index contributed by atoms with van der Waals surface area (Å²) in [5.41, 5.74) is 1.37. The minimum absolute atomic E-state index is 0.0561. The molecular formula is C20H21BrN4O3. The fraction of sp³-hybridized carbons (Fsp3) is 0.300. The highest BCUT2D eigenvalue weighted by atomic mass is 79.9. The Morgan fingerprint density at radius 2 is 1.68 bits per heavy atom. The highest BCUT2D eigenvalue weighted by molar-refractivity contribution is 9.10. The summed E-state index contributed by atoms with van der Waals surface area (Å²) in [5.74, 6) is -0.194. The second-order valence-corrected chi connectivity index (χ2v) is 7.11. The number of hydrogen-bond acceptors (Lipinski definition) is 5. The van der Waals surface area contributed by atoms with Crippen LogP contribution in [0.4, 0.5) is 0 Å². The van der Waals surface area contributed by atoms with Crippen LogP contribution in [0.25, 0.3) is 6.08 Å². The first-order valence-electron chi connectivity index (χ1n) is 9.03. The van der Waals surface area contributed by atoms with Crippen LogP contribution in [0.1, 0.15) is 22.8 Å². The van der Waals surface area contributed by atoms with E-state index in [0.29, 0.717) is 38.3 Å². The van der Waals surface area contributed by atoms with Crippen molar-refractivity contribution in [1.29, 1.82) is 0 Å². The standard InChI is InChI=1S/C20H21BrN4O3/c1-2-28-20-22-13-16(14-23-20)19(27)25-11-9-24(10-12-25)18(26)8-5-15-3-6-17(21)7-4-15/h3-8,13-14H,2,9-12H2,1H3/b8-5+. The van der Waals surface area contributed by atoms with Gasteiger partial charge in [0.2, 0.25) is 5.91 Å². The quantitative estimate of drug-likeness (QED) is 0.662. The molecular weight excluding hydrogens is 424 g/mol. The molecule has 146 valence electrons. The maximum atomic E-state index is 12.6. The van der Waals surface area contributed by atoms with Crippen molar-refractivity contribution >= 4 is 33.8 Å². The molecule has 8 heteroatoms. The number of amides is 2. The predicted molar refractivity (Wildman–Crippen MR) is 109 cm³/mol. The van der Waals surface area contributed by atoms with Gasteiger partial charge in [0.1, 0.15) is 0 Å². The van der Waals surface area contributed by atoms with Gasteiger partial charge in [-0.2, -0.15) is 0 Å². The van der Waals surface area contributed by atoms with Gasteiger partial charge in [-0.05, 0) is 30.7 Å². The third kappa shape index (κ3) is 5.16. The van der Waals surface area contributed by atoms with Gasteiger partial charge in [0, 0.05) is 49.1 Å². The van der Waals surface area contributed by atoms with Crippen molar-refractivity contribution in [1.82, 2.24) is 19.8 Å². The lowest BCUT2D eigenvalue weighted by molar-refractivity contribution is -0.127. The van der Waals surface area contributed by atoms with E-state index in [0.717, 1.165) is 10.0 Å². The van der Waals surface area contributed by atoms with Crippen molar-refractivity contribution in [3.8, 4) is 6.01 Å². The summed E-state index contributed by atoms with van der Waals surface area (Å²) in [4.78, 5) is 36.5. The van der Waals surface area contributed by atoms with Crippen LogP contribution in [0.2, 0.25) is 0 Å². The molecule has 0 aliphatic carbocycles. The monoisotopic (exact) mass is 444 g/mol. The molecule has 28 heavy (non-hydrogen) atoms. The molecule has 0 unspecified atom stereocenters. The summed E-state index contributed by atoms with van der Waals surface area (Å²) in [5, 5.41) is 0. The maximum absolute atomic E-state index is 12.6. The van der Waals surface area contributed by atoms with Gasteiger partial charge in [-0.1, -0.05) is 28.1 Å². The van der Waals surface area contributed by atoms with E-state index in [9.17, 15) is 9.59 Å². The van der Waals surface area contributed by atoms with Gasteiger partial charge in [0.25, 0.3) is 5.91 Å². The molecule has 1 aliphatic heterocycles. The van der Waals surface area contributed by atoms with Crippen molar-refractivity contribution in [3.63, 3.8) is 0 Å². The van der Waals surface area contributed by atoms with Crippen LogP contribution < -0.4 is 4.74 Å². The van der Waals surface area contributed by atoms with Gasteiger partial charge in [-0.15, -0.1) is 0 Å². The number of carbonyl (C=O) groups excluding carboxylic acids is 2. The number of hydrogen-bond donors (Lipinski definition) is 0. The Kier molecular flexibility index (Phi) is 6.76. The van der Waals surface area contributed by atoms with Crippen LogP contribution in [0, 0.1) is 0 Å². The van der Waals surface area contributed by atoms with E-state index < -0.39 is 0 Å². The largest absolute Gasteiger partial charge is 0.464 e. The van der Waals surface area contributed by atoms with Gasteiger partial charge in [0.15, 0.2) is 0 Å². The third-order valence-electron chi connectivity index (χ3n) is 4.32. The Morgan fingerprint density at radius 3 is 2.29 bits per heavy atom. The van der Waals surface area contributed by atoms with Crippen LogP contribution in [0.5, 0.6) is 6.01 Å². The third-order valence-corrected chi connectivity index (χ3v) is 4.84. The Bertz CT molecular complexity index is 845. The Morgan fingerprint density at radius 1 is 1.07 bits per heavy atom. The smallest absolute Gasteiger partial charge is 0.316 e. The van der Waals surface area contributed by atoms with Crippen LogP contribution >= 0.6 is 15.9 Å². The lowest BCUT2D eigenvalue weighted by Gasteiger charge is -2.34. The Labute approximate surface area is 172 Å². The summed E-state index contributed by atoms with van der Waals surface area (Å²) in [7, 11) is 0. The first-order chi connectivity index (χ1) is 13.6. The molecule has 2 heterocycles. The zero-order valence-corrected chi connectivity index (χ0v) is 17.1. The van der Waals surface area contributed by atoms with Gasteiger partial charge < -0.3 is 14.5 Å². The first-order valence-corrected chi connectivity index (χ1v) is 9.83. The van der Waals surface area contributed by atoms with E-state index in [1.807, 2.05) is 31.2 Å². The second kappa shape index (κ2) is 9.45.